The molecule has 0 bridgehead atoms. The van der Waals surface area contributed by atoms with E-state index in [-0.39, 0.29) is 5.82 Å². The van der Waals surface area contributed by atoms with Crippen LogP contribution in [0.1, 0.15) is 55.7 Å². The number of benzene rings is 2. The number of nitrogens with zero attached hydrogens (tertiary/aromatic N) is 1. The van der Waals surface area contributed by atoms with Gasteiger partial charge in [0.15, 0.2) is 0 Å². The molecule has 1 aliphatic heterocycles. The van der Waals surface area contributed by atoms with Crippen molar-refractivity contribution in [3.63, 3.8) is 0 Å². The van der Waals surface area contributed by atoms with Crippen molar-refractivity contribution in [3.05, 3.63) is 71.7 Å². The van der Waals surface area contributed by atoms with Gasteiger partial charge in [0, 0.05) is 11.2 Å². The summed E-state index contributed by atoms with van der Waals surface area (Å²) in [4.78, 5) is 6.14. The summed E-state index contributed by atoms with van der Waals surface area (Å²) in [7, 11) is 0. The van der Waals surface area contributed by atoms with Crippen LogP contribution in [0, 0.1) is 5.82 Å². The van der Waals surface area contributed by atoms with Crippen molar-refractivity contribution in [2.45, 2.75) is 50.9 Å². The van der Waals surface area contributed by atoms with Crippen molar-refractivity contribution in [3.8, 4) is 0 Å². The Labute approximate surface area is 167 Å². The highest BCUT2D eigenvalue weighted by molar-refractivity contribution is 5.80. The molecule has 1 aromatic heterocycles. The van der Waals surface area contributed by atoms with E-state index in [2.05, 4.69) is 40.2 Å². The number of halogens is 1. The molecule has 2 heterocycles. The van der Waals surface area contributed by atoms with Crippen molar-refractivity contribution in [1.82, 2.24) is 9.88 Å². The topological polar surface area (TPSA) is 19.0 Å². The number of hydrogen-bond acceptors (Lipinski definition) is 1. The second kappa shape index (κ2) is 9.38. The zero-order valence-corrected chi connectivity index (χ0v) is 16.7. The molecule has 0 radical (unpaired) electrons. The van der Waals surface area contributed by atoms with E-state index in [1.807, 2.05) is 12.1 Å². The van der Waals surface area contributed by atoms with Crippen molar-refractivity contribution in [1.29, 1.82) is 0 Å². The van der Waals surface area contributed by atoms with Gasteiger partial charge in [0.05, 0.1) is 0 Å². The molecule has 1 fully saturated rings. The number of rotatable bonds is 8. The molecule has 2 nitrogen and oxygen atoms in total. The lowest BCUT2D eigenvalue weighted by molar-refractivity contribution is 0.208. The van der Waals surface area contributed by atoms with Crippen molar-refractivity contribution in [2.24, 2.45) is 0 Å². The van der Waals surface area contributed by atoms with Crippen LogP contribution in [0.3, 0.4) is 0 Å². The average Bonchev–Trinajstić information content (AvgIpc) is 3.14. The molecule has 148 valence electrons. The Balaban J connectivity index is 1.10. The largest absolute Gasteiger partial charge is 0.358 e. The Morgan fingerprint density at radius 1 is 0.893 bits per heavy atom. The summed E-state index contributed by atoms with van der Waals surface area (Å²) in [6.45, 7) is 3.58. The zero-order valence-electron chi connectivity index (χ0n) is 16.7. The number of aromatic nitrogens is 1. The van der Waals surface area contributed by atoms with E-state index < -0.39 is 0 Å². The summed E-state index contributed by atoms with van der Waals surface area (Å²) < 4.78 is 13.1. The molecule has 3 aromatic rings. The highest BCUT2D eigenvalue weighted by Crippen LogP contribution is 2.28. The molecular formula is C25H31FN2. The van der Waals surface area contributed by atoms with Crippen molar-refractivity contribution >= 4 is 10.9 Å². The molecule has 0 saturated carbocycles. The standard InChI is InChI=1S/C25H31FN2/c26-23-12-10-20(11-13-23)21-14-17-28(18-15-21)16-6-2-1-3-8-24-19-22-7-4-5-9-25(22)27-24/h4-5,7,9-13,19,21,27H,1-3,6,8,14-18H2. The molecule has 0 atom stereocenters. The molecule has 1 aliphatic rings. The molecule has 4 rings (SSSR count). The van der Waals surface area contributed by atoms with Gasteiger partial charge in [0.2, 0.25) is 0 Å². The number of unbranched alkanes of at least 4 members (excludes halogenated alkanes) is 3. The second-order valence-corrected chi connectivity index (χ2v) is 8.21. The third-order valence-corrected chi connectivity index (χ3v) is 6.19. The highest BCUT2D eigenvalue weighted by Gasteiger charge is 2.20. The van der Waals surface area contributed by atoms with E-state index in [0.717, 1.165) is 6.42 Å². The van der Waals surface area contributed by atoms with Gasteiger partial charge in [-0.25, -0.2) is 4.39 Å². The van der Waals surface area contributed by atoms with Crippen molar-refractivity contribution < 1.29 is 4.39 Å². The van der Waals surface area contributed by atoms with Crippen LogP contribution in [-0.2, 0) is 6.42 Å². The smallest absolute Gasteiger partial charge is 0.123 e. The minimum absolute atomic E-state index is 0.134. The zero-order chi connectivity index (χ0) is 19.2. The van der Waals surface area contributed by atoms with Crippen LogP contribution < -0.4 is 0 Å². The normalized spacial score (nSPS) is 16.0. The number of nitrogens with one attached hydrogen (secondary N) is 1. The number of fused-ring (bicyclic) bond motifs is 1. The quantitative estimate of drug-likeness (QED) is 0.456. The summed E-state index contributed by atoms with van der Waals surface area (Å²) in [5, 5.41) is 1.32. The Bertz CT molecular complexity index is 827. The minimum Gasteiger partial charge on any atom is -0.358 e. The first-order chi connectivity index (χ1) is 13.8. The number of hydrogen-bond donors (Lipinski definition) is 1. The number of piperidine rings is 1. The number of para-hydroxylation sites is 1. The van der Waals surface area contributed by atoms with Gasteiger partial charge >= 0.3 is 0 Å². The Kier molecular flexibility index (Phi) is 6.43. The van der Waals surface area contributed by atoms with Gasteiger partial charge < -0.3 is 9.88 Å². The van der Waals surface area contributed by atoms with Gasteiger partial charge in [-0.3, -0.25) is 0 Å². The summed E-state index contributed by atoms with van der Waals surface area (Å²) in [5.41, 5.74) is 3.92. The first kappa shape index (κ1) is 19.2. The molecule has 2 aromatic carbocycles. The highest BCUT2D eigenvalue weighted by atomic mass is 19.1. The Hall–Kier alpha value is -2.13. The van der Waals surface area contributed by atoms with E-state index in [1.165, 1.54) is 80.3 Å². The lowest BCUT2D eigenvalue weighted by Gasteiger charge is -2.32. The van der Waals surface area contributed by atoms with Crippen LogP contribution >= 0.6 is 0 Å². The molecule has 3 heteroatoms. The van der Waals surface area contributed by atoms with Gasteiger partial charge in [-0.1, -0.05) is 43.2 Å². The molecule has 0 aliphatic carbocycles. The van der Waals surface area contributed by atoms with E-state index in [4.69, 9.17) is 0 Å². The number of likely N-dealkylation sites (tertiary alicyclic amines) is 1. The van der Waals surface area contributed by atoms with E-state index in [9.17, 15) is 4.39 Å². The molecule has 1 N–H and O–H groups in total. The fourth-order valence-electron chi connectivity index (χ4n) is 4.50. The van der Waals surface area contributed by atoms with Gasteiger partial charge in [-0.2, -0.15) is 0 Å². The van der Waals surface area contributed by atoms with Crippen LogP contribution in [0.5, 0.6) is 0 Å². The monoisotopic (exact) mass is 378 g/mol. The molecule has 0 unspecified atom stereocenters. The van der Waals surface area contributed by atoms with Crippen molar-refractivity contribution in [2.75, 3.05) is 19.6 Å². The van der Waals surface area contributed by atoms with Crippen LogP contribution in [0.25, 0.3) is 10.9 Å². The predicted molar refractivity (Wildman–Crippen MR) is 115 cm³/mol. The van der Waals surface area contributed by atoms with Gasteiger partial charge in [-0.05, 0) is 92.9 Å². The number of aromatic amines is 1. The molecule has 1 saturated heterocycles. The summed E-state index contributed by atoms with van der Waals surface area (Å²) in [6.07, 6.45) is 8.74. The van der Waals surface area contributed by atoms with Crippen LogP contribution in [0.2, 0.25) is 0 Å². The molecule has 0 amide bonds. The maximum absolute atomic E-state index is 13.1. The lowest BCUT2D eigenvalue weighted by atomic mass is 9.89. The summed E-state index contributed by atoms with van der Waals surface area (Å²) in [6, 6.07) is 17.9. The summed E-state index contributed by atoms with van der Waals surface area (Å²) >= 11 is 0. The number of H-pyrrole nitrogens is 1. The van der Waals surface area contributed by atoms with E-state index >= 15 is 0 Å². The fraction of sp³-hybridized carbons (Fsp3) is 0.440. The van der Waals surface area contributed by atoms with Crippen LogP contribution in [-0.4, -0.2) is 29.5 Å². The average molecular weight is 379 g/mol. The third kappa shape index (κ3) is 5.02. The molecule has 28 heavy (non-hydrogen) atoms. The van der Waals surface area contributed by atoms with E-state index in [1.54, 1.807) is 12.1 Å². The molecular weight excluding hydrogens is 347 g/mol. The maximum Gasteiger partial charge on any atom is 0.123 e. The maximum atomic E-state index is 13.1. The summed E-state index contributed by atoms with van der Waals surface area (Å²) in [5.74, 6) is 0.471. The van der Waals surface area contributed by atoms with Gasteiger partial charge in [0.1, 0.15) is 5.82 Å². The SMILES string of the molecule is Fc1ccc(C2CCN(CCCCCCc3cc4ccccc4[nH]3)CC2)cc1. The second-order valence-electron chi connectivity index (χ2n) is 8.21. The fourth-order valence-corrected chi connectivity index (χ4v) is 4.50. The van der Waals surface area contributed by atoms with Crippen LogP contribution in [0.4, 0.5) is 4.39 Å². The molecule has 0 spiro atoms. The van der Waals surface area contributed by atoms with Gasteiger partial charge in [0.25, 0.3) is 0 Å². The predicted octanol–water partition coefficient (Wildman–Crippen LogP) is 6.29. The van der Waals surface area contributed by atoms with Gasteiger partial charge in [-0.15, -0.1) is 0 Å². The first-order valence-electron chi connectivity index (χ1n) is 10.8. The first-order valence-corrected chi connectivity index (χ1v) is 10.8. The third-order valence-electron chi connectivity index (χ3n) is 6.19. The van der Waals surface area contributed by atoms with E-state index in [0.29, 0.717) is 5.92 Å². The Morgan fingerprint density at radius 2 is 1.64 bits per heavy atom. The van der Waals surface area contributed by atoms with Crippen LogP contribution in [0.15, 0.2) is 54.6 Å². The lowest BCUT2D eigenvalue weighted by Crippen LogP contribution is -2.33. The number of aryl methyl sites for hydroxylation is 1. The minimum atomic E-state index is -0.134. The Morgan fingerprint density at radius 3 is 2.43 bits per heavy atom.